The molecule has 1 heterocycles. The lowest BCUT2D eigenvalue weighted by Gasteiger charge is -2.40. The zero-order chi connectivity index (χ0) is 15.4. The fourth-order valence-electron chi connectivity index (χ4n) is 2.37. The summed E-state index contributed by atoms with van der Waals surface area (Å²) in [7, 11) is 0. The number of halogens is 1. The molecule has 5 unspecified atom stereocenters. The van der Waals surface area contributed by atoms with Gasteiger partial charge in [-0.25, -0.2) is 0 Å². The third kappa shape index (κ3) is 3.85. The molecule has 5 atom stereocenters. The van der Waals surface area contributed by atoms with Crippen LogP contribution in [0.3, 0.4) is 0 Å². The molecule has 0 saturated carbocycles. The lowest BCUT2D eigenvalue weighted by atomic mass is 9.98. The minimum atomic E-state index is -1.53. The fourth-order valence-corrected chi connectivity index (χ4v) is 2.57. The van der Waals surface area contributed by atoms with Crippen molar-refractivity contribution >= 4 is 17.3 Å². The Morgan fingerprint density at radius 3 is 2.29 bits per heavy atom. The summed E-state index contributed by atoms with van der Waals surface area (Å²) in [6, 6.07) is 9.43. The number of para-hydroxylation sites is 1. The average Bonchev–Trinajstić information content (AvgIpc) is 2.50. The highest BCUT2D eigenvalue weighted by Crippen LogP contribution is 2.23. The van der Waals surface area contributed by atoms with Crippen molar-refractivity contribution in [2.24, 2.45) is 0 Å². The highest BCUT2D eigenvalue weighted by molar-refractivity contribution is 6.18. The van der Waals surface area contributed by atoms with Gasteiger partial charge in [0.2, 0.25) is 0 Å². The molecule has 1 aliphatic rings. The van der Waals surface area contributed by atoms with Gasteiger partial charge in [0.1, 0.15) is 24.4 Å². The molecule has 21 heavy (non-hydrogen) atoms. The number of hydrogen-bond acceptors (Lipinski definition) is 6. The second kappa shape index (κ2) is 7.40. The molecule has 0 aliphatic carbocycles. The predicted molar refractivity (Wildman–Crippen MR) is 78.3 cm³/mol. The second-order valence-electron chi connectivity index (χ2n) is 5.01. The van der Waals surface area contributed by atoms with Gasteiger partial charge in [0, 0.05) is 24.7 Å². The van der Waals surface area contributed by atoms with E-state index in [4.69, 9.17) is 16.3 Å². The SMILES string of the molecule is OC1OC(CN(CCCl)c2ccccc2)C(O)C(O)C1O. The summed E-state index contributed by atoms with van der Waals surface area (Å²) in [4.78, 5) is 1.89. The van der Waals surface area contributed by atoms with Gasteiger partial charge in [-0.2, -0.15) is 0 Å². The molecule has 7 heteroatoms. The molecular weight excluding hydrogens is 298 g/mol. The maximum absolute atomic E-state index is 9.98. The summed E-state index contributed by atoms with van der Waals surface area (Å²) in [5.74, 6) is 0.380. The number of benzene rings is 1. The van der Waals surface area contributed by atoms with Gasteiger partial charge >= 0.3 is 0 Å². The normalized spacial score (nSPS) is 32.9. The van der Waals surface area contributed by atoms with Crippen LogP contribution in [-0.4, -0.2) is 70.1 Å². The number of aliphatic hydroxyl groups excluding tert-OH is 4. The smallest absolute Gasteiger partial charge is 0.184 e. The summed E-state index contributed by atoms with van der Waals surface area (Å²) in [6.45, 7) is 0.756. The summed E-state index contributed by atoms with van der Waals surface area (Å²) in [5.41, 5.74) is 0.893. The number of nitrogens with zero attached hydrogens (tertiary/aromatic N) is 1. The van der Waals surface area contributed by atoms with Crippen molar-refractivity contribution in [2.45, 2.75) is 30.7 Å². The Balaban J connectivity index is 2.09. The zero-order valence-electron chi connectivity index (χ0n) is 11.4. The number of anilines is 1. The maximum Gasteiger partial charge on any atom is 0.184 e. The molecule has 6 nitrogen and oxygen atoms in total. The standard InChI is InChI=1S/C14H20ClNO5/c15-6-7-16(9-4-2-1-3-5-9)8-10-11(17)12(18)13(19)14(20)21-10/h1-5,10-14,17-20H,6-8H2. The van der Waals surface area contributed by atoms with Gasteiger partial charge in [0.25, 0.3) is 0 Å². The van der Waals surface area contributed by atoms with E-state index < -0.39 is 30.7 Å². The third-order valence-electron chi connectivity index (χ3n) is 3.56. The van der Waals surface area contributed by atoms with Gasteiger partial charge in [0.15, 0.2) is 6.29 Å². The first kappa shape index (κ1) is 16.5. The number of hydrogen-bond donors (Lipinski definition) is 4. The molecule has 118 valence electrons. The first-order chi connectivity index (χ1) is 10.0. The van der Waals surface area contributed by atoms with Gasteiger partial charge < -0.3 is 30.1 Å². The van der Waals surface area contributed by atoms with E-state index in [2.05, 4.69) is 0 Å². The van der Waals surface area contributed by atoms with Crippen molar-refractivity contribution in [3.8, 4) is 0 Å². The Bertz CT molecular complexity index is 435. The Morgan fingerprint density at radius 1 is 1.00 bits per heavy atom. The number of aliphatic hydroxyl groups is 4. The third-order valence-corrected chi connectivity index (χ3v) is 3.73. The van der Waals surface area contributed by atoms with Crippen LogP contribution in [0.25, 0.3) is 0 Å². The van der Waals surface area contributed by atoms with Gasteiger partial charge in [0.05, 0.1) is 0 Å². The summed E-state index contributed by atoms with van der Waals surface area (Å²) < 4.78 is 5.19. The number of alkyl halides is 1. The van der Waals surface area contributed by atoms with Crippen LogP contribution in [-0.2, 0) is 4.74 Å². The molecule has 0 radical (unpaired) electrons. The van der Waals surface area contributed by atoms with Crippen molar-refractivity contribution in [3.63, 3.8) is 0 Å². The Kier molecular flexibility index (Phi) is 5.80. The maximum atomic E-state index is 9.98. The molecule has 1 fully saturated rings. The van der Waals surface area contributed by atoms with E-state index in [0.717, 1.165) is 5.69 Å². The van der Waals surface area contributed by atoms with Crippen LogP contribution in [0.1, 0.15) is 0 Å². The quantitative estimate of drug-likeness (QED) is 0.549. The van der Waals surface area contributed by atoms with E-state index in [1.165, 1.54) is 0 Å². The summed E-state index contributed by atoms with van der Waals surface area (Å²) in [6.07, 6.45) is -6.62. The van der Waals surface area contributed by atoms with Crippen molar-refractivity contribution in [2.75, 3.05) is 23.9 Å². The number of ether oxygens (including phenoxy) is 1. The lowest BCUT2D eigenvalue weighted by Crippen LogP contribution is -2.60. The predicted octanol–water partition coefficient (Wildman–Crippen LogP) is -0.468. The summed E-state index contributed by atoms with van der Waals surface area (Å²) in [5, 5.41) is 38.7. The fraction of sp³-hybridized carbons (Fsp3) is 0.571. The van der Waals surface area contributed by atoms with Crippen LogP contribution < -0.4 is 4.90 Å². The minimum Gasteiger partial charge on any atom is -0.388 e. The topological polar surface area (TPSA) is 93.4 Å². The Hall–Kier alpha value is -0.890. The molecule has 1 saturated heterocycles. The van der Waals surface area contributed by atoms with Crippen molar-refractivity contribution in [1.82, 2.24) is 0 Å². The molecule has 0 aromatic heterocycles. The van der Waals surface area contributed by atoms with Gasteiger partial charge in [-0.05, 0) is 12.1 Å². The van der Waals surface area contributed by atoms with Crippen LogP contribution in [0.4, 0.5) is 5.69 Å². The van der Waals surface area contributed by atoms with E-state index >= 15 is 0 Å². The molecule has 1 aliphatic heterocycles. The average molecular weight is 318 g/mol. The molecule has 1 aromatic carbocycles. The van der Waals surface area contributed by atoms with E-state index in [9.17, 15) is 20.4 Å². The van der Waals surface area contributed by atoms with E-state index in [0.29, 0.717) is 12.4 Å². The van der Waals surface area contributed by atoms with Gasteiger partial charge in [-0.15, -0.1) is 11.6 Å². The Labute approximate surface area is 128 Å². The van der Waals surface area contributed by atoms with Crippen LogP contribution >= 0.6 is 11.6 Å². The first-order valence-corrected chi connectivity index (χ1v) is 7.31. The van der Waals surface area contributed by atoms with E-state index in [-0.39, 0.29) is 6.54 Å². The van der Waals surface area contributed by atoms with Crippen molar-refractivity contribution in [1.29, 1.82) is 0 Å². The lowest BCUT2D eigenvalue weighted by molar-refractivity contribution is -0.279. The molecule has 1 aromatic rings. The summed E-state index contributed by atoms with van der Waals surface area (Å²) >= 11 is 5.80. The zero-order valence-corrected chi connectivity index (χ0v) is 12.2. The molecule has 0 amide bonds. The van der Waals surface area contributed by atoms with E-state index in [1.54, 1.807) is 0 Å². The van der Waals surface area contributed by atoms with Gasteiger partial charge in [-0.1, -0.05) is 18.2 Å². The second-order valence-corrected chi connectivity index (χ2v) is 5.39. The van der Waals surface area contributed by atoms with Crippen LogP contribution in [0.2, 0.25) is 0 Å². The molecule has 0 spiro atoms. The van der Waals surface area contributed by atoms with E-state index in [1.807, 2.05) is 35.2 Å². The van der Waals surface area contributed by atoms with Crippen molar-refractivity contribution < 1.29 is 25.2 Å². The first-order valence-electron chi connectivity index (χ1n) is 6.78. The highest BCUT2D eigenvalue weighted by Gasteiger charge is 2.43. The van der Waals surface area contributed by atoms with Crippen LogP contribution in [0, 0.1) is 0 Å². The van der Waals surface area contributed by atoms with Crippen LogP contribution in [0.5, 0.6) is 0 Å². The highest BCUT2D eigenvalue weighted by atomic mass is 35.5. The minimum absolute atomic E-state index is 0.235. The van der Waals surface area contributed by atoms with Crippen molar-refractivity contribution in [3.05, 3.63) is 30.3 Å². The van der Waals surface area contributed by atoms with Gasteiger partial charge in [-0.3, -0.25) is 0 Å². The molecule has 4 N–H and O–H groups in total. The molecule has 0 bridgehead atoms. The largest absolute Gasteiger partial charge is 0.388 e. The monoisotopic (exact) mass is 317 g/mol. The Morgan fingerprint density at radius 2 is 1.67 bits per heavy atom. The molecule has 2 rings (SSSR count). The molecular formula is C14H20ClNO5. The number of rotatable bonds is 5. The van der Waals surface area contributed by atoms with Crippen LogP contribution in [0.15, 0.2) is 30.3 Å².